The highest BCUT2D eigenvalue weighted by Gasteiger charge is 2.33. The van der Waals surface area contributed by atoms with Gasteiger partial charge in [-0.1, -0.05) is 40.7 Å². The summed E-state index contributed by atoms with van der Waals surface area (Å²) in [4.78, 5) is 13.1. The van der Waals surface area contributed by atoms with Gasteiger partial charge in [0.25, 0.3) is 6.43 Å². The van der Waals surface area contributed by atoms with Crippen LogP contribution in [-0.2, 0) is 4.79 Å². The minimum Gasteiger partial charge on any atom is -0.480 e. The largest absolute Gasteiger partial charge is 0.480 e. The molecule has 0 fully saturated rings. The number of ether oxygens (including phenoxy) is 1. The average Bonchev–Trinajstić information content (AvgIpc) is 2.50. The van der Waals surface area contributed by atoms with Gasteiger partial charge in [0, 0.05) is 0 Å². The molecule has 23 heavy (non-hydrogen) atoms. The zero-order valence-electron chi connectivity index (χ0n) is 11.9. The van der Waals surface area contributed by atoms with E-state index < -0.39 is 28.6 Å². The third kappa shape index (κ3) is 3.99. The van der Waals surface area contributed by atoms with Gasteiger partial charge in [0.1, 0.15) is 18.2 Å². The first-order valence-corrected chi connectivity index (χ1v) is 7.99. The van der Waals surface area contributed by atoms with E-state index in [1.54, 1.807) is 6.08 Å². The number of carbonyl (C=O) groups is 1. The standard InChI is InChI=1S/C16H13F3INO2/c1-2-8-23-13-5-3-4-10(17)15(13)12-7-6-11(20)16(22)21(12)9-14(18)19/h1,3-5,7,11,14H,6,8-9H2. The number of allylic oxidation sites excluding steroid dienone is 1. The highest BCUT2D eigenvalue weighted by Crippen LogP contribution is 2.36. The Morgan fingerprint density at radius 3 is 2.87 bits per heavy atom. The van der Waals surface area contributed by atoms with E-state index in [4.69, 9.17) is 11.2 Å². The summed E-state index contributed by atoms with van der Waals surface area (Å²) in [6, 6.07) is 4.09. The molecule has 2 rings (SSSR count). The molecule has 3 nitrogen and oxygen atoms in total. The van der Waals surface area contributed by atoms with Gasteiger partial charge in [-0.3, -0.25) is 4.79 Å². The zero-order chi connectivity index (χ0) is 17.0. The molecule has 0 saturated heterocycles. The second-order valence-corrected chi connectivity index (χ2v) is 6.24. The molecule has 7 heteroatoms. The van der Waals surface area contributed by atoms with Crippen LogP contribution < -0.4 is 4.74 Å². The van der Waals surface area contributed by atoms with E-state index in [-0.39, 0.29) is 23.6 Å². The first-order chi connectivity index (χ1) is 11.0. The van der Waals surface area contributed by atoms with Gasteiger partial charge < -0.3 is 9.64 Å². The van der Waals surface area contributed by atoms with Crippen LogP contribution in [0.5, 0.6) is 5.75 Å². The molecule has 1 aliphatic rings. The topological polar surface area (TPSA) is 29.5 Å². The Labute approximate surface area is 145 Å². The molecule has 1 atom stereocenters. The van der Waals surface area contributed by atoms with Crippen molar-refractivity contribution >= 4 is 34.2 Å². The van der Waals surface area contributed by atoms with Gasteiger partial charge in [0.2, 0.25) is 5.91 Å². The summed E-state index contributed by atoms with van der Waals surface area (Å²) in [7, 11) is 0. The van der Waals surface area contributed by atoms with Crippen LogP contribution in [0.4, 0.5) is 13.2 Å². The Bertz CT molecular complexity index is 670. The predicted octanol–water partition coefficient (Wildman–Crippen LogP) is 3.48. The van der Waals surface area contributed by atoms with Crippen LogP contribution in [0, 0.1) is 18.2 Å². The monoisotopic (exact) mass is 435 g/mol. The van der Waals surface area contributed by atoms with E-state index >= 15 is 0 Å². The van der Waals surface area contributed by atoms with Crippen molar-refractivity contribution in [2.45, 2.75) is 16.8 Å². The number of amides is 1. The first-order valence-electron chi connectivity index (χ1n) is 6.74. The lowest BCUT2D eigenvalue weighted by molar-refractivity contribution is -0.128. The van der Waals surface area contributed by atoms with Gasteiger partial charge in [0.15, 0.2) is 0 Å². The molecule has 1 unspecified atom stereocenters. The van der Waals surface area contributed by atoms with Crippen LogP contribution in [0.1, 0.15) is 12.0 Å². The molecule has 122 valence electrons. The van der Waals surface area contributed by atoms with Crippen LogP contribution in [0.25, 0.3) is 5.70 Å². The van der Waals surface area contributed by atoms with E-state index in [1.807, 2.05) is 22.6 Å². The molecule has 0 spiro atoms. The number of benzene rings is 1. The predicted molar refractivity (Wildman–Crippen MR) is 88.8 cm³/mol. The Morgan fingerprint density at radius 2 is 2.22 bits per heavy atom. The van der Waals surface area contributed by atoms with E-state index in [0.717, 1.165) is 4.90 Å². The number of hydrogen-bond donors (Lipinski definition) is 0. The molecule has 0 N–H and O–H groups in total. The minimum atomic E-state index is -2.73. The molecule has 1 aromatic carbocycles. The normalized spacial score (nSPS) is 17.9. The van der Waals surface area contributed by atoms with E-state index in [2.05, 4.69) is 5.92 Å². The van der Waals surface area contributed by atoms with Crippen LogP contribution >= 0.6 is 22.6 Å². The van der Waals surface area contributed by atoms with Crippen LogP contribution in [0.2, 0.25) is 0 Å². The molecule has 1 aliphatic heterocycles. The molecule has 1 amide bonds. The van der Waals surface area contributed by atoms with E-state index in [1.165, 1.54) is 18.2 Å². The fourth-order valence-electron chi connectivity index (χ4n) is 2.27. The summed E-state index contributed by atoms with van der Waals surface area (Å²) < 4.78 is 44.8. The van der Waals surface area contributed by atoms with Crippen molar-refractivity contribution in [1.29, 1.82) is 0 Å². The lowest BCUT2D eigenvalue weighted by atomic mass is 10.0. The number of carbonyl (C=O) groups excluding carboxylic acids is 1. The van der Waals surface area contributed by atoms with E-state index in [9.17, 15) is 18.0 Å². The van der Waals surface area contributed by atoms with Gasteiger partial charge >= 0.3 is 0 Å². The fraction of sp³-hybridized carbons (Fsp3) is 0.312. The zero-order valence-corrected chi connectivity index (χ0v) is 14.1. The summed E-state index contributed by atoms with van der Waals surface area (Å²) in [5.41, 5.74) is 0.0633. The summed E-state index contributed by atoms with van der Waals surface area (Å²) in [6.45, 7) is -0.894. The summed E-state index contributed by atoms with van der Waals surface area (Å²) in [5, 5.41) is 0. The molecule has 0 saturated carbocycles. The highest BCUT2D eigenvalue weighted by molar-refractivity contribution is 14.1. The Kier molecular flexibility index (Phi) is 5.93. The third-order valence-electron chi connectivity index (χ3n) is 3.21. The van der Waals surface area contributed by atoms with Crippen molar-refractivity contribution in [3.63, 3.8) is 0 Å². The van der Waals surface area contributed by atoms with Crippen molar-refractivity contribution in [2.75, 3.05) is 13.2 Å². The lowest BCUT2D eigenvalue weighted by Crippen LogP contribution is -2.41. The number of alkyl halides is 3. The molecular weight excluding hydrogens is 422 g/mol. The number of terminal acetylenes is 1. The number of hydrogen-bond acceptors (Lipinski definition) is 2. The molecule has 0 radical (unpaired) electrons. The van der Waals surface area contributed by atoms with Gasteiger partial charge in [-0.15, -0.1) is 6.42 Å². The SMILES string of the molecule is C#CCOc1cccc(F)c1C1=CCC(I)C(=O)N1CC(F)F. The highest BCUT2D eigenvalue weighted by atomic mass is 127. The Morgan fingerprint density at radius 1 is 1.48 bits per heavy atom. The maximum atomic E-state index is 14.3. The van der Waals surface area contributed by atoms with Crippen LogP contribution in [-0.4, -0.2) is 34.3 Å². The van der Waals surface area contributed by atoms with Gasteiger partial charge in [-0.05, 0) is 18.6 Å². The van der Waals surface area contributed by atoms with Crippen LogP contribution in [0.15, 0.2) is 24.3 Å². The second-order valence-electron chi connectivity index (χ2n) is 4.74. The van der Waals surface area contributed by atoms with Crippen molar-refractivity contribution in [2.24, 2.45) is 0 Å². The summed E-state index contributed by atoms with van der Waals surface area (Å²) >= 11 is 1.88. The Hall–Kier alpha value is -1.69. The van der Waals surface area contributed by atoms with Gasteiger partial charge in [-0.25, -0.2) is 13.2 Å². The van der Waals surface area contributed by atoms with Gasteiger partial charge in [0.05, 0.1) is 21.7 Å². The second kappa shape index (κ2) is 7.73. The molecule has 0 bridgehead atoms. The summed E-state index contributed by atoms with van der Waals surface area (Å²) in [6.07, 6.45) is 4.30. The fourth-order valence-corrected chi connectivity index (χ4v) is 2.86. The molecule has 1 heterocycles. The third-order valence-corrected chi connectivity index (χ3v) is 4.25. The van der Waals surface area contributed by atoms with Crippen molar-refractivity contribution in [1.82, 2.24) is 4.90 Å². The lowest BCUT2D eigenvalue weighted by Gasteiger charge is -2.32. The minimum absolute atomic E-state index is 0.0277. The number of halogens is 4. The maximum absolute atomic E-state index is 14.3. The molecule has 0 aliphatic carbocycles. The maximum Gasteiger partial charge on any atom is 0.256 e. The Balaban J connectivity index is 2.49. The summed E-state index contributed by atoms with van der Waals surface area (Å²) in [5.74, 6) is 1.24. The smallest absolute Gasteiger partial charge is 0.256 e. The molecule has 0 aromatic heterocycles. The number of rotatable bonds is 5. The van der Waals surface area contributed by atoms with Gasteiger partial charge in [-0.2, -0.15) is 0 Å². The quantitative estimate of drug-likeness (QED) is 0.403. The van der Waals surface area contributed by atoms with Crippen LogP contribution in [0.3, 0.4) is 0 Å². The van der Waals surface area contributed by atoms with Crippen molar-refractivity contribution < 1.29 is 22.7 Å². The van der Waals surface area contributed by atoms with E-state index in [0.29, 0.717) is 6.42 Å². The number of nitrogens with zero attached hydrogens (tertiary/aromatic N) is 1. The average molecular weight is 435 g/mol. The first kappa shape index (κ1) is 17.7. The van der Waals surface area contributed by atoms with Crippen molar-refractivity contribution in [3.8, 4) is 18.1 Å². The van der Waals surface area contributed by atoms with Crippen molar-refractivity contribution in [3.05, 3.63) is 35.7 Å². The molecular formula is C16H13F3INO2. The molecule has 1 aromatic rings.